The van der Waals surface area contributed by atoms with E-state index in [-0.39, 0.29) is 0 Å². The molecule has 0 saturated carbocycles. The van der Waals surface area contributed by atoms with Gasteiger partial charge in [-0.3, -0.25) is 0 Å². The predicted molar refractivity (Wildman–Crippen MR) is 41.2 cm³/mol. The molecule has 1 unspecified atom stereocenters. The van der Waals surface area contributed by atoms with Crippen LogP contribution in [-0.2, 0) is 0 Å². The number of nitrogens with zero attached hydrogens (tertiary/aromatic N) is 2. The molecule has 0 aliphatic carbocycles. The van der Waals surface area contributed by atoms with Gasteiger partial charge in [-0.15, -0.1) is 0 Å². The molecule has 0 rings (SSSR count). The smallest absolute Gasteiger partial charge is 0.0211 e. The van der Waals surface area contributed by atoms with Crippen LogP contribution in [0.2, 0.25) is 0 Å². The number of hydrogen-bond acceptors (Lipinski definition) is 2. The molecule has 9 heavy (non-hydrogen) atoms. The van der Waals surface area contributed by atoms with Gasteiger partial charge in [0.2, 0.25) is 0 Å². The molecule has 2 heteroatoms. The third kappa shape index (κ3) is 2.82. The van der Waals surface area contributed by atoms with E-state index in [1.165, 1.54) is 6.42 Å². The minimum absolute atomic E-state index is 0.653. The Morgan fingerprint density at radius 2 is 1.67 bits per heavy atom. The van der Waals surface area contributed by atoms with Gasteiger partial charge in [0.1, 0.15) is 0 Å². The molecule has 0 spiro atoms. The molecule has 0 aromatic heterocycles. The van der Waals surface area contributed by atoms with Crippen LogP contribution in [0.15, 0.2) is 0 Å². The molecule has 0 aromatic carbocycles. The van der Waals surface area contributed by atoms with E-state index in [2.05, 4.69) is 45.0 Å². The second-order valence-electron chi connectivity index (χ2n) is 2.68. The first kappa shape index (κ1) is 8.92. The van der Waals surface area contributed by atoms with E-state index in [1.54, 1.807) is 0 Å². The van der Waals surface area contributed by atoms with Crippen molar-refractivity contribution in [2.24, 2.45) is 0 Å². The highest BCUT2D eigenvalue weighted by Crippen LogP contribution is 1.99. The molecule has 1 atom stereocenters. The van der Waals surface area contributed by atoms with Crippen LogP contribution in [0.5, 0.6) is 0 Å². The van der Waals surface area contributed by atoms with Crippen LogP contribution in [0.4, 0.5) is 0 Å². The standard InChI is InChI=1S/C7H18N2/c1-6-7(2)9(5)8(3)4/h7H,6H2,1-5H3. The van der Waals surface area contributed by atoms with Crippen LogP contribution in [0.1, 0.15) is 20.3 Å². The highest BCUT2D eigenvalue weighted by molar-refractivity contribution is 4.54. The van der Waals surface area contributed by atoms with E-state index in [0.717, 1.165) is 0 Å². The van der Waals surface area contributed by atoms with Crippen molar-refractivity contribution in [1.82, 2.24) is 10.0 Å². The van der Waals surface area contributed by atoms with Crippen LogP contribution < -0.4 is 0 Å². The summed E-state index contributed by atoms with van der Waals surface area (Å²) in [6.45, 7) is 4.42. The molecule has 0 bridgehead atoms. The largest absolute Gasteiger partial charge is 0.248 e. The molecule has 0 aliphatic rings. The maximum absolute atomic E-state index is 2.22. The molecular formula is C7H18N2. The van der Waals surface area contributed by atoms with E-state index in [0.29, 0.717) is 6.04 Å². The Morgan fingerprint density at radius 3 is 1.78 bits per heavy atom. The van der Waals surface area contributed by atoms with Gasteiger partial charge in [-0.2, -0.15) is 0 Å². The number of hydrogen-bond donors (Lipinski definition) is 0. The molecule has 0 heterocycles. The summed E-state index contributed by atoms with van der Waals surface area (Å²) in [7, 11) is 6.23. The van der Waals surface area contributed by atoms with Gasteiger partial charge in [0.25, 0.3) is 0 Å². The van der Waals surface area contributed by atoms with Crippen LogP contribution >= 0.6 is 0 Å². The Hall–Kier alpha value is -0.0800. The minimum atomic E-state index is 0.653. The Labute approximate surface area is 58.4 Å². The monoisotopic (exact) mass is 130 g/mol. The first-order valence-electron chi connectivity index (χ1n) is 3.49. The van der Waals surface area contributed by atoms with Crippen LogP contribution in [0.25, 0.3) is 0 Å². The molecular weight excluding hydrogens is 112 g/mol. The molecule has 56 valence electrons. The number of rotatable bonds is 3. The van der Waals surface area contributed by atoms with Gasteiger partial charge in [-0.05, 0) is 13.3 Å². The molecule has 0 fully saturated rings. The zero-order valence-corrected chi connectivity index (χ0v) is 7.18. The quantitative estimate of drug-likeness (QED) is 0.529. The topological polar surface area (TPSA) is 6.48 Å². The summed E-state index contributed by atoms with van der Waals surface area (Å²) in [5.74, 6) is 0. The zero-order chi connectivity index (χ0) is 7.44. The Kier molecular flexibility index (Phi) is 3.82. The molecule has 0 aromatic rings. The molecule has 2 nitrogen and oxygen atoms in total. The maximum atomic E-state index is 2.22. The van der Waals surface area contributed by atoms with Gasteiger partial charge in [0.05, 0.1) is 0 Å². The van der Waals surface area contributed by atoms with Gasteiger partial charge in [0.15, 0.2) is 0 Å². The third-order valence-electron chi connectivity index (χ3n) is 1.86. The summed E-state index contributed by atoms with van der Waals surface area (Å²) < 4.78 is 0. The first-order chi connectivity index (χ1) is 4.09. The second kappa shape index (κ2) is 3.85. The van der Waals surface area contributed by atoms with Crippen molar-refractivity contribution in [2.75, 3.05) is 21.1 Å². The summed E-state index contributed by atoms with van der Waals surface area (Å²) in [4.78, 5) is 0. The first-order valence-corrected chi connectivity index (χ1v) is 3.49. The highest BCUT2D eigenvalue weighted by atomic mass is 15.6. The van der Waals surface area contributed by atoms with Gasteiger partial charge in [-0.25, -0.2) is 10.0 Å². The molecule has 0 radical (unpaired) electrons. The lowest BCUT2D eigenvalue weighted by molar-refractivity contribution is 0.0158. The van der Waals surface area contributed by atoms with Gasteiger partial charge in [0, 0.05) is 27.2 Å². The predicted octanol–water partition coefficient (Wildman–Crippen LogP) is 1.19. The van der Waals surface area contributed by atoms with Crippen molar-refractivity contribution in [2.45, 2.75) is 26.3 Å². The molecule has 0 saturated heterocycles. The van der Waals surface area contributed by atoms with E-state index in [1.807, 2.05) is 0 Å². The third-order valence-corrected chi connectivity index (χ3v) is 1.86. The van der Waals surface area contributed by atoms with Gasteiger partial charge >= 0.3 is 0 Å². The van der Waals surface area contributed by atoms with E-state index < -0.39 is 0 Å². The van der Waals surface area contributed by atoms with Crippen molar-refractivity contribution >= 4 is 0 Å². The van der Waals surface area contributed by atoms with Crippen molar-refractivity contribution in [3.05, 3.63) is 0 Å². The summed E-state index contributed by atoms with van der Waals surface area (Å²) in [6, 6.07) is 0.653. The van der Waals surface area contributed by atoms with Crippen molar-refractivity contribution in [1.29, 1.82) is 0 Å². The fourth-order valence-electron chi connectivity index (χ4n) is 0.658. The lowest BCUT2D eigenvalue weighted by Crippen LogP contribution is -2.39. The fourth-order valence-corrected chi connectivity index (χ4v) is 0.658. The lowest BCUT2D eigenvalue weighted by Gasteiger charge is -2.29. The average molecular weight is 130 g/mol. The summed E-state index contributed by atoms with van der Waals surface area (Å²) in [5, 5.41) is 4.33. The lowest BCUT2D eigenvalue weighted by atomic mass is 10.3. The van der Waals surface area contributed by atoms with Crippen LogP contribution in [0, 0.1) is 0 Å². The normalized spacial score (nSPS) is 15.0. The Morgan fingerprint density at radius 1 is 1.22 bits per heavy atom. The van der Waals surface area contributed by atoms with Crippen molar-refractivity contribution in [3.8, 4) is 0 Å². The summed E-state index contributed by atoms with van der Waals surface area (Å²) in [5.41, 5.74) is 0. The highest BCUT2D eigenvalue weighted by Gasteiger charge is 2.06. The van der Waals surface area contributed by atoms with Crippen molar-refractivity contribution in [3.63, 3.8) is 0 Å². The maximum Gasteiger partial charge on any atom is 0.0211 e. The SMILES string of the molecule is CCC(C)N(C)N(C)C. The second-order valence-corrected chi connectivity index (χ2v) is 2.68. The molecule has 0 aliphatic heterocycles. The molecule has 0 amide bonds. The van der Waals surface area contributed by atoms with Gasteiger partial charge < -0.3 is 0 Å². The van der Waals surface area contributed by atoms with E-state index in [4.69, 9.17) is 0 Å². The summed E-state index contributed by atoms with van der Waals surface area (Å²) >= 11 is 0. The zero-order valence-electron chi connectivity index (χ0n) is 7.18. The van der Waals surface area contributed by atoms with Crippen molar-refractivity contribution < 1.29 is 0 Å². The Bertz CT molecular complexity index is 71.3. The summed E-state index contributed by atoms with van der Waals surface area (Å²) in [6.07, 6.45) is 1.20. The van der Waals surface area contributed by atoms with Crippen LogP contribution in [0.3, 0.4) is 0 Å². The average Bonchev–Trinajstić information content (AvgIpc) is 1.84. The van der Waals surface area contributed by atoms with E-state index in [9.17, 15) is 0 Å². The fraction of sp³-hybridized carbons (Fsp3) is 1.00. The molecule has 0 N–H and O–H groups in total. The Balaban J connectivity index is 3.58. The van der Waals surface area contributed by atoms with E-state index >= 15 is 0 Å². The van der Waals surface area contributed by atoms with Crippen LogP contribution in [-0.4, -0.2) is 37.2 Å². The van der Waals surface area contributed by atoms with Gasteiger partial charge in [-0.1, -0.05) is 6.92 Å². The minimum Gasteiger partial charge on any atom is -0.248 e. The number of hydrazine groups is 1.